The number of hydrogen-bond acceptors (Lipinski definition) is 3. The van der Waals surface area contributed by atoms with Gasteiger partial charge >= 0.3 is 0 Å². The van der Waals surface area contributed by atoms with Crippen molar-refractivity contribution in [2.45, 2.75) is 98.8 Å². The summed E-state index contributed by atoms with van der Waals surface area (Å²) in [5.74, 6) is 0.815. The molecular formula is C57H59N3O. The molecule has 2 heterocycles. The Morgan fingerprint density at radius 3 is 1.92 bits per heavy atom. The van der Waals surface area contributed by atoms with Crippen LogP contribution in [0.3, 0.4) is 0 Å². The predicted molar refractivity (Wildman–Crippen MR) is 258 cm³/mol. The lowest BCUT2D eigenvalue weighted by Gasteiger charge is -2.22. The third kappa shape index (κ3) is 8.16. The number of fused-ring (bicyclic) bond motifs is 1. The molecule has 0 saturated heterocycles. The highest BCUT2D eigenvalue weighted by molar-refractivity contribution is 5.97. The van der Waals surface area contributed by atoms with Crippen LogP contribution in [-0.2, 0) is 10.8 Å². The predicted octanol–water partition coefficient (Wildman–Crippen LogP) is 15.6. The monoisotopic (exact) mass is 804 g/mol. The smallest absolute Gasteiger partial charge is 0.149 e. The molecule has 8 aromatic rings. The number of benzene rings is 6. The number of aryl methyl sites for hydroxylation is 1. The number of phenols is 1. The van der Waals surface area contributed by atoms with Crippen LogP contribution in [0.4, 0.5) is 0 Å². The van der Waals surface area contributed by atoms with E-state index in [4.69, 9.17) is 14.1 Å². The van der Waals surface area contributed by atoms with Gasteiger partial charge in [0.05, 0.1) is 28.0 Å². The fraction of sp³-hybridized carbons (Fsp3) is 0.263. The molecule has 0 amide bonds. The second-order valence-corrected chi connectivity index (χ2v) is 19.2. The summed E-state index contributed by atoms with van der Waals surface area (Å²) in [5.41, 5.74) is 14.5. The summed E-state index contributed by atoms with van der Waals surface area (Å²) in [7, 11) is 0. The quantitative estimate of drug-likeness (QED) is 0.166. The molecule has 0 aliphatic heterocycles. The minimum atomic E-state index is -2.47. The molecular weight excluding hydrogens is 743 g/mol. The fourth-order valence-corrected chi connectivity index (χ4v) is 8.22. The maximum atomic E-state index is 12.2. The minimum Gasteiger partial charge on any atom is -0.507 e. The second-order valence-electron chi connectivity index (χ2n) is 19.2. The van der Waals surface area contributed by atoms with Crippen LogP contribution in [0.5, 0.6) is 5.75 Å². The highest BCUT2D eigenvalue weighted by Crippen LogP contribution is 2.44. The topological polar surface area (TPSA) is 50.9 Å². The van der Waals surface area contributed by atoms with Gasteiger partial charge in [-0.25, -0.2) is 4.98 Å². The average Bonchev–Trinajstić information content (AvgIpc) is 3.65. The van der Waals surface area contributed by atoms with Crippen molar-refractivity contribution in [2.75, 3.05) is 0 Å². The lowest BCUT2D eigenvalue weighted by Crippen LogP contribution is -2.11. The molecule has 61 heavy (non-hydrogen) atoms. The van der Waals surface area contributed by atoms with Crippen LogP contribution in [0.2, 0.25) is 0 Å². The van der Waals surface area contributed by atoms with Gasteiger partial charge in [0.1, 0.15) is 11.6 Å². The Morgan fingerprint density at radius 1 is 0.574 bits per heavy atom. The molecule has 0 spiro atoms. The Morgan fingerprint density at radius 2 is 1.25 bits per heavy atom. The van der Waals surface area contributed by atoms with Crippen molar-refractivity contribution in [3.63, 3.8) is 0 Å². The van der Waals surface area contributed by atoms with E-state index in [9.17, 15) is 5.11 Å². The van der Waals surface area contributed by atoms with Crippen molar-refractivity contribution in [3.8, 4) is 67.5 Å². The van der Waals surface area contributed by atoms with Crippen LogP contribution in [0, 0.1) is 6.85 Å². The SMILES string of the molecule is [2H]C([2H])([2H])c1cc(-c2ccccc2)ccc1-n1c(-c2cc(C(C)C)cc(C(C)C)c2O)nc2c(-c3cc(-c4cc(-c5ccc(C(C)(C)C)cc5)ccn4)cc(C(C)(C)C)c3)cccc21. The van der Waals surface area contributed by atoms with Gasteiger partial charge in [-0.05, 0) is 134 Å². The van der Waals surface area contributed by atoms with Gasteiger partial charge in [0.15, 0.2) is 0 Å². The van der Waals surface area contributed by atoms with Crippen LogP contribution in [0.15, 0.2) is 140 Å². The molecule has 4 nitrogen and oxygen atoms in total. The van der Waals surface area contributed by atoms with Crippen LogP contribution in [-0.4, -0.2) is 19.6 Å². The van der Waals surface area contributed by atoms with E-state index in [1.54, 1.807) is 6.07 Å². The Balaban J connectivity index is 1.39. The van der Waals surface area contributed by atoms with E-state index >= 15 is 0 Å². The number of rotatable bonds is 8. The molecule has 0 radical (unpaired) electrons. The number of nitrogens with zero attached hydrogens (tertiary/aromatic N) is 3. The van der Waals surface area contributed by atoms with Crippen molar-refractivity contribution in [1.82, 2.24) is 14.5 Å². The summed E-state index contributed by atoms with van der Waals surface area (Å²) >= 11 is 0. The highest BCUT2D eigenvalue weighted by Gasteiger charge is 2.25. The van der Waals surface area contributed by atoms with E-state index in [0.29, 0.717) is 22.6 Å². The number of para-hydroxylation sites is 1. The van der Waals surface area contributed by atoms with Crippen molar-refractivity contribution in [3.05, 3.63) is 167 Å². The van der Waals surface area contributed by atoms with E-state index in [1.165, 1.54) is 5.56 Å². The third-order valence-corrected chi connectivity index (χ3v) is 12.0. The summed E-state index contributed by atoms with van der Waals surface area (Å²) in [6, 6.07) is 45.4. The normalized spacial score (nSPS) is 13.1. The standard InChI is InChI=1S/C57H59N3O/c1-35(2)42-32-48(36(3)4)54(61)49(33-42)55-59-53-47(18-15-19-52(53)60(55)51-25-22-40(28-37(51)5)38-16-13-12-14-17-38)43-29-44(31-46(30-43)57(9,10)11)50-34-41(26-27-58-50)39-20-23-45(24-21-39)56(6,7)8/h12-36,61H,1-11H3/i5D3. The molecule has 8 rings (SSSR count). The van der Waals surface area contributed by atoms with Crippen LogP contribution in [0.1, 0.15) is 113 Å². The Kier molecular flexibility index (Phi) is 9.88. The summed E-state index contributed by atoms with van der Waals surface area (Å²) in [6.07, 6.45) is 1.88. The number of pyridine rings is 1. The fourth-order valence-electron chi connectivity index (χ4n) is 8.22. The van der Waals surface area contributed by atoms with Gasteiger partial charge in [-0.3, -0.25) is 9.55 Å². The maximum absolute atomic E-state index is 12.2. The van der Waals surface area contributed by atoms with Gasteiger partial charge in [-0.1, -0.05) is 154 Å². The zero-order valence-electron chi connectivity index (χ0n) is 40.2. The minimum absolute atomic E-state index is 0.0300. The lowest BCUT2D eigenvalue weighted by atomic mass is 9.83. The number of imidazole rings is 1. The van der Waals surface area contributed by atoms with Crippen molar-refractivity contribution >= 4 is 11.0 Å². The maximum Gasteiger partial charge on any atom is 0.149 e. The van der Waals surface area contributed by atoms with Gasteiger partial charge in [-0.15, -0.1) is 0 Å². The van der Waals surface area contributed by atoms with Gasteiger partial charge in [0.2, 0.25) is 0 Å². The van der Waals surface area contributed by atoms with Gasteiger partial charge in [-0.2, -0.15) is 0 Å². The molecule has 6 aromatic carbocycles. The molecule has 0 unspecified atom stereocenters. The second kappa shape index (κ2) is 16.0. The molecule has 308 valence electrons. The number of phenolic OH excluding ortho intramolecular Hbond substituents is 1. The van der Waals surface area contributed by atoms with Crippen molar-refractivity contribution in [2.24, 2.45) is 0 Å². The first-order valence-corrected chi connectivity index (χ1v) is 21.5. The summed E-state index contributed by atoms with van der Waals surface area (Å²) in [4.78, 5) is 10.4. The van der Waals surface area contributed by atoms with E-state index < -0.39 is 6.85 Å². The van der Waals surface area contributed by atoms with E-state index in [1.807, 2.05) is 71.4 Å². The molecule has 0 saturated carbocycles. The first-order chi connectivity index (χ1) is 30.2. The molecule has 0 aliphatic rings. The zero-order valence-corrected chi connectivity index (χ0v) is 37.2. The van der Waals surface area contributed by atoms with Gasteiger partial charge in [0, 0.05) is 21.4 Å². The number of aromatic nitrogens is 3. The average molecular weight is 805 g/mol. The molecule has 4 heteroatoms. The summed E-state index contributed by atoms with van der Waals surface area (Å²) in [6.45, 7) is 19.3. The number of aromatic hydroxyl groups is 1. The van der Waals surface area contributed by atoms with Crippen LogP contribution < -0.4 is 0 Å². The Hall–Kier alpha value is -6.26. The largest absolute Gasteiger partial charge is 0.507 e. The molecule has 0 bridgehead atoms. The van der Waals surface area contributed by atoms with Crippen LogP contribution in [0.25, 0.3) is 72.7 Å². The third-order valence-electron chi connectivity index (χ3n) is 12.0. The molecule has 1 N–H and O–H groups in total. The summed E-state index contributed by atoms with van der Waals surface area (Å²) in [5, 5.41) is 12.2. The Bertz CT molecular complexity index is 3000. The first-order valence-electron chi connectivity index (χ1n) is 23.0. The number of hydrogen-bond donors (Lipinski definition) is 1. The molecule has 0 aliphatic carbocycles. The van der Waals surface area contributed by atoms with Crippen molar-refractivity contribution < 1.29 is 9.22 Å². The van der Waals surface area contributed by atoms with E-state index in [0.717, 1.165) is 66.8 Å². The van der Waals surface area contributed by atoms with Gasteiger partial charge in [0.25, 0.3) is 0 Å². The lowest BCUT2D eigenvalue weighted by molar-refractivity contribution is 0.466. The van der Waals surface area contributed by atoms with Gasteiger partial charge < -0.3 is 5.11 Å². The summed E-state index contributed by atoms with van der Waals surface area (Å²) < 4.78 is 28.6. The molecule has 0 fully saturated rings. The van der Waals surface area contributed by atoms with E-state index in [-0.39, 0.29) is 34.0 Å². The Labute approximate surface area is 367 Å². The van der Waals surface area contributed by atoms with E-state index in [2.05, 4.69) is 136 Å². The zero-order chi connectivity index (χ0) is 45.9. The van der Waals surface area contributed by atoms with Crippen molar-refractivity contribution in [1.29, 1.82) is 0 Å². The van der Waals surface area contributed by atoms with Crippen LogP contribution >= 0.6 is 0 Å². The molecule has 0 atom stereocenters. The molecule has 2 aromatic heterocycles. The first kappa shape index (κ1) is 37.7. The highest BCUT2D eigenvalue weighted by atomic mass is 16.3.